The molecule has 0 fully saturated rings. The van der Waals surface area contributed by atoms with Gasteiger partial charge in [-0.1, -0.05) is 30.3 Å². The van der Waals surface area contributed by atoms with Gasteiger partial charge in [-0.25, -0.2) is 9.97 Å². The summed E-state index contributed by atoms with van der Waals surface area (Å²) >= 11 is 0. The molecule has 0 aliphatic carbocycles. The van der Waals surface area contributed by atoms with E-state index in [1.807, 2.05) is 31.6 Å². The molecular weight excluding hydrogens is 234 g/mol. The zero-order valence-electron chi connectivity index (χ0n) is 10.6. The Bertz CT molecular complexity index is 659. The first-order valence-corrected chi connectivity index (χ1v) is 6.12. The lowest BCUT2D eigenvalue weighted by atomic mass is 10.0. The lowest BCUT2D eigenvalue weighted by Crippen LogP contribution is -1.87. The molecule has 2 aromatic heterocycles. The fourth-order valence-electron chi connectivity index (χ4n) is 1.93. The van der Waals surface area contributed by atoms with Crippen LogP contribution in [0, 0.1) is 6.92 Å². The van der Waals surface area contributed by atoms with E-state index >= 15 is 0 Å². The van der Waals surface area contributed by atoms with Gasteiger partial charge in [-0.05, 0) is 29.7 Å². The molecule has 0 atom stereocenters. The highest BCUT2D eigenvalue weighted by Gasteiger charge is 2.01. The van der Waals surface area contributed by atoms with Crippen LogP contribution in [0.4, 0.5) is 0 Å². The molecule has 0 aliphatic rings. The van der Waals surface area contributed by atoms with Gasteiger partial charge in [0.2, 0.25) is 0 Å². The van der Waals surface area contributed by atoms with E-state index in [1.165, 1.54) is 0 Å². The van der Waals surface area contributed by atoms with Crippen molar-refractivity contribution in [2.24, 2.45) is 0 Å². The van der Waals surface area contributed by atoms with E-state index in [1.54, 1.807) is 6.20 Å². The number of pyridine rings is 1. The number of aromatic nitrogens is 3. The van der Waals surface area contributed by atoms with E-state index in [4.69, 9.17) is 0 Å². The Hall–Kier alpha value is -2.55. The summed E-state index contributed by atoms with van der Waals surface area (Å²) in [6.07, 6.45) is 7.34. The van der Waals surface area contributed by atoms with Crippen LogP contribution in [0.3, 0.4) is 0 Å². The zero-order chi connectivity index (χ0) is 13.1. The second-order valence-electron chi connectivity index (χ2n) is 4.34. The average Bonchev–Trinajstić information content (AvgIpc) is 2.49. The first-order chi connectivity index (χ1) is 9.33. The number of benzene rings is 1. The molecule has 0 bridgehead atoms. The Morgan fingerprint density at radius 1 is 0.684 bits per heavy atom. The maximum absolute atomic E-state index is 4.21. The predicted molar refractivity (Wildman–Crippen MR) is 75.4 cm³/mol. The smallest absolute Gasteiger partial charge is 0.125 e. The molecule has 19 heavy (non-hydrogen) atoms. The SMILES string of the molecule is Cc1ncc(-c2ccc(-c3cccnc3)cc2)cn1. The molecule has 92 valence electrons. The highest BCUT2D eigenvalue weighted by atomic mass is 14.8. The van der Waals surface area contributed by atoms with Gasteiger partial charge in [0.05, 0.1) is 0 Å². The van der Waals surface area contributed by atoms with Crippen LogP contribution in [0.2, 0.25) is 0 Å². The molecule has 0 saturated carbocycles. The van der Waals surface area contributed by atoms with Crippen LogP contribution in [0.5, 0.6) is 0 Å². The Morgan fingerprint density at radius 3 is 1.89 bits per heavy atom. The molecule has 3 heteroatoms. The fourth-order valence-corrected chi connectivity index (χ4v) is 1.93. The maximum Gasteiger partial charge on any atom is 0.125 e. The molecule has 0 amide bonds. The summed E-state index contributed by atoms with van der Waals surface area (Å²) in [7, 11) is 0. The molecule has 3 aromatic rings. The molecule has 0 aliphatic heterocycles. The second kappa shape index (κ2) is 4.98. The van der Waals surface area contributed by atoms with E-state index < -0.39 is 0 Å². The van der Waals surface area contributed by atoms with Gasteiger partial charge in [-0.2, -0.15) is 0 Å². The summed E-state index contributed by atoms with van der Waals surface area (Å²) in [5, 5.41) is 0. The minimum absolute atomic E-state index is 0.788. The van der Waals surface area contributed by atoms with Crippen molar-refractivity contribution in [2.75, 3.05) is 0 Å². The largest absolute Gasteiger partial charge is 0.264 e. The van der Waals surface area contributed by atoms with Crippen molar-refractivity contribution >= 4 is 0 Å². The van der Waals surface area contributed by atoms with Crippen molar-refractivity contribution in [1.82, 2.24) is 15.0 Å². The molecule has 2 heterocycles. The van der Waals surface area contributed by atoms with Gasteiger partial charge in [-0.15, -0.1) is 0 Å². The molecule has 0 unspecified atom stereocenters. The van der Waals surface area contributed by atoms with E-state index in [-0.39, 0.29) is 0 Å². The third-order valence-electron chi connectivity index (χ3n) is 2.99. The Labute approximate surface area is 112 Å². The van der Waals surface area contributed by atoms with Crippen LogP contribution in [0.1, 0.15) is 5.82 Å². The van der Waals surface area contributed by atoms with Gasteiger partial charge >= 0.3 is 0 Å². The summed E-state index contributed by atoms with van der Waals surface area (Å²) in [5.74, 6) is 0.788. The van der Waals surface area contributed by atoms with Gasteiger partial charge in [0.15, 0.2) is 0 Å². The fraction of sp³-hybridized carbons (Fsp3) is 0.0625. The molecule has 0 spiro atoms. The second-order valence-corrected chi connectivity index (χ2v) is 4.34. The Kier molecular flexibility index (Phi) is 3.02. The highest BCUT2D eigenvalue weighted by molar-refractivity contribution is 5.69. The average molecular weight is 247 g/mol. The quantitative estimate of drug-likeness (QED) is 0.695. The summed E-state index contributed by atoms with van der Waals surface area (Å²) < 4.78 is 0. The first-order valence-electron chi connectivity index (χ1n) is 6.12. The summed E-state index contributed by atoms with van der Waals surface area (Å²) in [6.45, 7) is 1.88. The van der Waals surface area contributed by atoms with E-state index in [2.05, 4.69) is 45.3 Å². The maximum atomic E-state index is 4.21. The Balaban J connectivity index is 1.93. The van der Waals surface area contributed by atoms with Gasteiger partial charge in [0.1, 0.15) is 5.82 Å². The van der Waals surface area contributed by atoms with Crippen LogP contribution in [-0.2, 0) is 0 Å². The van der Waals surface area contributed by atoms with Crippen LogP contribution in [0.15, 0.2) is 61.2 Å². The summed E-state index contributed by atoms with van der Waals surface area (Å²) in [6, 6.07) is 12.3. The van der Waals surface area contributed by atoms with Gasteiger partial charge < -0.3 is 0 Å². The molecule has 0 N–H and O–H groups in total. The number of hydrogen-bond acceptors (Lipinski definition) is 3. The van der Waals surface area contributed by atoms with Gasteiger partial charge in [0.25, 0.3) is 0 Å². The number of nitrogens with zero attached hydrogens (tertiary/aromatic N) is 3. The van der Waals surface area contributed by atoms with Crippen LogP contribution >= 0.6 is 0 Å². The van der Waals surface area contributed by atoms with E-state index in [0.717, 1.165) is 28.1 Å². The summed E-state index contributed by atoms with van der Waals surface area (Å²) in [5.41, 5.74) is 4.43. The van der Waals surface area contributed by atoms with Crippen LogP contribution in [-0.4, -0.2) is 15.0 Å². The summed E-state index contributed by atoms with van der Waals surface area (Å²) in [4.78, 5) is 12.6. The highest BCUT2D eigenvalue weighted by Crippen LogP contribution is 2.23. The van der Waals surface area contributed by atoms with E-state index in [0.29, 0.717) is 0 Å². The van der Waals surface area contributed by atoms with Crippen molar-refractivity contribution in [2.45, 2.75) is 6.92 Å². The van der Waals surface area contributed by atoms with Gasteiger partial charge in [0, 0.05) is 30.4 Å². The van der Waals surface area contributed by atoms with Crippen molar-refractivity contribution in [3.63, 3.8) is 0 Å². The molecule has 0 saturated heterocycles. The normalized spacial score (nSPS) is 10.4. The van der Waals surface area contributed by atoms with E-state index in [9.17, 15) is 0 Å². The predicted octanol–water partition coefficient (Wildman–Crippen LogP) is 3.51. The monoisotopic (exact) mass is 247 g/mol. The molecule has 1 aromatic carbocycles. The lowest BCUT2D eigenvalue weighted by Gasteiger charge is -2.04. The zero-order valence-corrected chi connectivity index (χ0v) is 10.6. The number of aryl methyl sites for hydroxylation is 1. The lowest BCUT2D eigenvalue weighted by molar-refractivity contribution is 1.06. The number of hydrogen-bond donors (Lipinski definition) is 0. The number of rotatable bonds is 2. The molecule has 3 nitrogen and oxygen atoms in total. The minimum Gasteiger partial charge on any atom is -0.264 e. The van der Waals surface area contributed by atoms with Crippen molar-refractivity contribution in [3.05, 3.63) is 67.0 Å². The van der Waals surface area contributed by atoms with Crippen molar-refractivity contribution < 1.29 is 0 Å². The van der Waals surface area contributed by atoms with Crippen molar-refractivity contribution in [1.29, 1.82) is 0 Å². The molecule has 0 radical (unpaired) electrons. The third kappa shape index (κ3) is 2.50. The van der Waals surface area contributed by atoms with Crippen LogP contribution in [0.25, 0.3) is 22.3 Å². The third-order valence-corrected chi connectivity index (χ3v) is 2.99. The molecule has 3 rings (SSSR count). The topological polar surface area (TPSA) is 38.7 Å². The minimum atomic E-state index is 0.788. The van der Waals surface area contributed by atoms with Crippen molar-refractivity contribution in [3.8, 4) is 22.3 Å². The van der Waals surface area contributed by atoms with Crippen LogP contribution < -0.4 is 0 Å². The standard InChI is InChI=1S/C16H13N3/c1-12-18-10-16(11-19-12)14-6-4-13(5-7-14)15-3-2-8-17-9-15/h2-11H,1H3. The Morgan fingerprint density at radius 2 is 1.32 bits per heavy atom. The first kappa shape index (κ1) is 11.5. The van der Waals surface area contributed by atoms with Gasteiger partial charge in [-0.3, -0.25) is 4.98 Å². The molecular formula is C16H13N3.